The van der Waals surface area contributed by atoms with Gasteiger partial charge in [-0.3, -0.25) is 9.59 Å². The van der Waals surface area contributed by atoms with Gasteiger partial charge in [0.25, 0.3) is 5.91 Å². The number of benzene rings is 1. The molecule has 128 valence electrons. The number of rotatable bonds is 2. The average Bonchev–Trinajstić information content (AvgIpc) is 3.01. The molecule has 0 aliphatic carbocycles. The van der Waals surface area contributed by atoms with Crippen molar-refractivity contribution in [1.82, 2.24) is 5.32 Å². The predicted octanol–water partition coefficient (Wildman–Crippen LogP) is 1.80. The molecule has 0 unspecified atom stereocenters. The summed E-state index contributed by atoms with van der Waals surface area (Å²) in [5, 5.41) is 5.93. The van der Waals surface area contributed by atoms with Crippen LogP contribution in [-0.4, -0.2) is 49.0 Å². The van der Waals surface area contributed by atoms with Crippen LogP contribution in [0.5, 0.6) is 0 Å². The summed E-state index contributed by atoms with van der Waals surface area (Å²) < 4.78 is 11.4. The summed E-state index contributed by atoms with van der Waals surface area (Å²) in [6.07, 6.45) is 2.49. The average molecular weight is 348 g/mol. The third kappa shape index (κ3) is 3.16. The number of ether oxygens (including phenoxy) is 2. The molecule has 2 amide bonds. The van der Waals surface area contributed by atoms with Gasteiger partial charge in [0.05, 0.1) is 23.6 Å². The second-order valence-electron chi connectivity index (χ2n) is 6.55. The maximum absolute atomic E-state index is 12.6. The van der Waals surface area contributed by atoms with Crippen LogP contribution in [0.25, 0.3) is 0 Å². The Bertz CT molecular complexity index is 673. The van der Waals surface area contributed by atoms with E-state index in [1.54, 1.807) is 6.07 Å². The van der Waals surface area contributed by atoms with Crippen LogP contribution in [0.3, 0.4) is 0 Å². The molecule has 1 spiro atoms. The van der Waals surface area contributed by atoms with Gasteiger partial charge < -0.3 is 20.1 Å². The Morgan fingerprint density at radius 3 is 3.12 bits per heavy atom. The van der Waals surface area contributed by atoms with Crippen LogP contribution in [-0.2, 0) is 14.3 Å². The third-order valence-electron chi connectivity index (χ3n) is 4.77. The van der Waals surface area contributed by atoms with Crippen LogP contribution >= 0.6 is 11.8 Å². The third-order valence-corrected chi connectivity index (χ3v) is 5.84. The molecule has 2 atom stereocenters. The molecule has 4 rings (SSSR count). The van der Waals surface area contributed by atoms with Crippen molar-refractivity contribution in [3.63, 3.8) is 0 Å². The Balaban J connectivity index is 1.44. The number of thioether (sulfide) groups is 1. The molecule has 2 N–H and O–H groups in total. The van der Waals surface area contributed by atoms with Crippen molar-refractivity contribution >= 4 is 29.3 Å². The molecule has 1 aromatic rings. The van der Waals surface area contributed by atoms with Crippen LogP contribution in [0.4, 0.5) is 5.69 Å². The van der Waals surface area contributed by atoms with Crippen molar-refractivity contribution < 1.29 is 19.1 Å². The summed E-state index contributed by atoms with van der Waals surface area (Å²) in [6.45, 7) is 1.98. The van der Waals surface area contributed by atoms with Crippen molar-refractivity contribution in [2.45, 2.75) is 35.8 Å². The summed E-state index contributed by atoms with van der Waals surface area (Å²) in [5.41, 5.74) is 1.06. The van der Waals surface area contributed by atoms with Crippen molar-refractivity contribution in [2.24, 2.45) is 0 Å². The smallest absolute Gasteiger partial charge is 0.251 e. The van der Waals surface area contributed by atoms with E-state index in [-0.39, 0.29) is 23.5 Å². The van der Waals surface area contributed by atoms with E-state index < -0.39 is 0 Å². The Morgan fingerprint density at radius 2 is 2.29 bits per heavy atom. The summed E-state index contributed by atoms with van der Waals surface area (Å²) in [7, 11) is 0. The molecule has 3 aliphatic heterocycles. The molecular formula is C17H20N2O4S. The SMILES string of the molecule is O=C1CSc2ccc(C(=O)N[C@@H]3CCO[C@]4(CCOC4)C3)cc2N1. The van der Waals surface area contributed by atoms with E-state index in [4.69, 9.17) is 9.47 Å². The van der Waals surface area contributed by atoms with Gasteiger partial charge in [-0.25, -0.2) is 0 Å². The highest BCUT2D eigenvalue weighted by atomic mass is 32.2. The number of hydrogen-bond acceptors (Lipinski definition) is 5. The molecule has 0 aromatic heterocycles. The van der Waals surface area contributed by atoms with E-state index in [1.165, 1.54) is 11.8 Å². The molecular weight excluding hydrogens is 328 g/mol. The summed E-state index contributed by atoms with van der Waals surface area (Å²) >= 11 is 1.49. The molecule has 3 aliphatic rings. The number of nitrogens with one attached hydrogen (secondary N) is 2. The Kier molecular flexibility index (Phi) is 4.24. The van der Waals surface area contributed by atoms with Crippen molar-refractivity contribution in [2.75, 3.05) is 30.9 Å². The first-order chi connectivity index (χ1) is 11.6. The fourth-order valence-corrected chi connectivity index (χ4v) is 4.30. The van der Waals surface area contributed by atoms with Crippen LogP contribution in [0.2, 0.25) is 0 Å². The second-order valence-corrected chi connectivity index (χ2v) is 7.56. The Hall–Kier alpha value is -1.57. The van der Waals surface area contributed by atoms with Gasteiger partial charge in [-0.05, 0) is 31.0 Å². The highest BCUT2D eigenvalue weighted by Gasteiger charge is 2.41. The van der Waals surface area contributed by atoms with Gasteiger partial charge in [0.1, 0.15) is 0 Å². The normalized spacial score (nSPS) is 29.2. The topological polar surface area (TPSA) is 76.7 Å². The van der Waals surface area contributed by atoms with Gasteiger partial charge in [0, 0.05) is 36.1 Å². The monoisotopic (exact) mass is 348 g/mol. The van der Waals surface area contributed by atoms with Gasteiger partial charge in [-0.1, -0.05) is 0 Å². The van der Waals surface area contributed by atoms with Crippen LogP contribution in [0.1, 0.15) is 29.6 Å². The molecule has 2 saturated heterocycles. The quantitative estimate of drug-likeness (QED) is 0.852. The molecule has 1 aromatic carbocycles. The minimum absolute atomic E-state index is 0.0299. The molecule has 0 bridgehead atoms. The summed E-state index contributed by atoms with van der Waals surface area (Å²) in [5.74, 6) is 0.284. The molecule has 7 heteroatoms. The summed E-state index contributed by atoms with van der Waals surface area (Å²) in [6, 6.07) is 5.55. The maximum atomic E-state index is 12.6. The van der Waals surface area contributed by atoms with Crippen molar-refractivity contribution in [1.29, 1.82) is 0 Å². The number of hydrogen-bond donors (Lipinski definition) is 2. The van der Waals surface area contributed by atoms with Crippen molar-refractivity contribution in [3.05, 3.63) is 23.8 Å². The number of fused-ring (bicyclic) bond motifs is 1. The number of amides is 2. The largest absolute Gasteiger partial charge is 0.378 e. The van der Waals surface area contributed by atoms with Gasteiger partial charge in [0.2, 0.25) is 5.91 Å². The first-order valence-electron chi connectivity index (χ1n) is 8.23. The molecule has 2 fully saturated rings. The lowest BCUT2D eigenvalue weighted by atomic mass is 9.89. The highest BCUT2D eigenvalue weighted by Crippen LogP contribution is 2.34. The van der Waals surface area contributed by atoms with E-state index >= 15 is 0 Å². The molecule has 6 nitrogen and oxygen atoms in total. The molecule has 3 heterocycles. The number of anilines is 1. The molecule has 0 saturated carbocycles. The number of carbonyl (C=O) groups is 2. The summed E-state index contributed by atoms with van der Waals surface area (Å²) in [4.78, 5) is 25.1. The fourth-order valence-electron chi connectivity index (χ4n) is 3.51. The van der Waals surface area contributed by atoms with Gasteiger partial charge >= 0.3 is 0 Å². The van der Waals surface area contributed by atoms with Gasteiger partial charge in [0.15, 0.2) is 0 Å². The van der Waals surface area contributed by atoms with Crippen LogP contribution < -0.4 is 10.6 Å². The minimum Gasteiger partial charge on any atom is -0.378 e. The lowest BCUT2D eigenvalue weighted by Gasteiger charge is -2.37. The van der Waals surface area contributed by atoms with Crippen LogP contribution in [0.15, 0.2) is 23.1 Å². The zero-order valence-electron chi connectivity index (χ0n) is 13.3. The first kappa shape index (κ1) is 15.9. The lowest BCUT2D eigenvalue weighted by Crippen LogP contribution is -2.49. The van der Waals surface area contributed by atoms with Gasteiger partial charge in [-0.15, -0.1) is 11.8 Å². The second kappa shape index (κ2) is 6.38. The van der Waals surface area contributed by atoms with Gasteiger partial charge in [-0.2, -0.15) is 0 Å². The predicted molar refractivity (Wildman–Crippen MR) is 90.4 cm³/mol. The Morgan fingerprint density at radius 1 is 1.38 bits per heavy atom. The van der Waals surface area contributed by atoms with Crippen LogP contribution in [0, 0.1) is 0 Å². The standard InChI is InChI=1S/C17H20N2O4S/c20-15-9-24-14-2-1-11(7-13(14)19-15)16(21)18-12-3-5-23-17(8-12)4-6-22-10-17/h1-2,7,12H,3-6,8-10H2,(H,18,21)(H,19,20)/t12-,17-/m1/s1. The molecule has 24 heavy (non-hydrogen) atoms. The van der Waals surface area contributed by atoms with Crippen molar-refractivity contribution in [3.8, 4) is 0 Å². The number of carbonyl (C=O) groups excluding carboxylic acids is 2. The maximum Gasteiger partial charge on any atom is 0.251 e. The first-order valence-corrected chi connectivity index (χ1v) is 9.21. The Labute approximate surface area is 144 Å². The van der Waals surface area contributed by atoms with E-state index in [9.17, 15) is 9.59 Å². The van der Waals surface area contributed by atoms with E-state index in [1.807, 2.05) is 12.1 Å². The van der Waals surface area contributed by atoms with E-state index in [0.717, 1.165) is 36.5 Å². The highest BCUT2D eigenvalue weighted by molar-refractivity contribution is 8.00. The van der Waals surface area contributed by atoms with E-state index in [2.05, 4.69) is 10.6 Å². The molecule has 0 radical (unpaired) electrons. The fraction of sp³-hybridized carbons (Fsp3) is 0.529. The lowest BCUT2D eigenvalue weighted by molar-refractivity contribution is -0.113. The zero-order valence-corrected chi connectivity index (χ0v) is 14.1. The van der Waals surface area contributed by atoms with E-state index in [0.29, 0.717) is 24.5 Å². The zero-order chi connectivity index (χ0) is 16.6. The minimum atomic E-state index is -0.226.